The van der Waals surface area contributed by atoms with Gasteiger partial charge < -0.3 is 14.9 Å². The van der Waals surface area contributed by atoms with Crippen molar-refractivity contribution in [1.82, 2.24) is 4.98 Å². The Morgan fingerprint density at radius 3 is 2.48 bits per heavy atom. The monoisotopic (exact) mass is 443 g/mol. The zero-order valence-corrected chi connectivity index (χ0v) is 20.0. The van der Waals surface area contributed by atoms with Crippen molar-refractivity contribution in [3.8, 4) is 5.75 Å². The van der Waals surface area contributed by atoms with Crippen molar-refractivity contribution >= 4 is 17.4 Å². The highest BCUT2D eigenvalue weighted by Crippen LogP contribution is 2.38. The van der Waals surface area contributed by atoms with Gasteiger partial charge in [0.2, 0.25) is 5.91 Å². The Morgan fingerprint density at radius 1 is 1.09 bits per heavy atom. The molecule has 0 fully saturated rings. The fourth-order valence-corrected chi connectivity index (χ4v) is 4.57. The standard InChI is InChI=1S/C28H33N3O2/c1-19(2)21-12-14-22(15-13-21)31(18-20-11-16-27(29-17-20)30(3)4)28(33)25-9-5-8-24-23(25)7-6-10-26(24)32/h6-7,10-17,19,25,32H,5,8-9,18H2,1-4H3. The second kappa shape index (κ2) is 9.65. The van der Waals surface area contributed by atoms with Crippen LogP contribution in [0.1, 0.15) is 60.8 Å². The van der Waals surface area contributed by atoms with Crippen molar-refractivity contribution in [3.63, 3.8) is 0 Å². The van der Waals surface area contributed by atoms with Gasteiger partial charge in [-0.05, 0) is 71.7 Å². The maximum Gasteiger partial charge on any atom is 0.234 e. The Labute approximate surface area is 196 Å². The summed E-state index contributed by atoms with van der Waals surface area (Å²) in [5.74, 6) is 1.41. The van der Waals surface area contributed by atoms with Crippen LogP contribution in [0.4, 0.5) is 11.5 Å². The molecule has 1 aliphatic carbocycles. The molecule has 0 radical (unpaired) electrons. The Hall–Kier alpha value is -3.34. The molecule has 5 nitrogen and oxygen atoms in total. The van der Waals surface area contributed by atoms with E-state index < -0.39 is 0 Å². The van der Waals surface area contributed by atoms with Gasteiger partial charge in [0.1, 0.15) is 11.6 Å². The molecule has 1 atom stereocenters. The van der Waals surface area contributed by atoms with Gasteiger partial charge in [-0.2, -0.15) is 0 Å². The van der Waals surface area contributed by atoms with E-state index in [1.165, 1.54) is 5.56 Å². The van der Waals surface area contributed by atoms with E-state index in [0.717, 1.165) is 47.5 Å². The number of carbonyl (C=O) groups is 1. The first kappa shape index (κ1) is 22.8. The molecular formula is C28H33N3O2. The Balaban J connectivity index is 1.69. The highest BCUT2D eigenvalue weighted by atomic mass is 16.3. The van der Waals surface area contributed by atoms with Gasteiger partial charge in [0.25, 0.3) is 0 Å². The number of anilines is 2. The average molecular weight is 444 g/mol. The molecule has 1 unspecified atom stereocenters. The number of aromatic hydroxyl groups is 1. The lowest BCUT2D eigenvalue weighted by Crippen LogP contribution is -2.36. The van der Waals surface area contributed by atoms with Crippen molar-refractivity contribution in [1.29, 1.82) is 0 Å². The van der Waals surface area contributed by atoms with Crippen molar-refractivity contribution < 1.29 is 9.90 Å². The highest BCUT2D eigenvalue weighted by molar-refractivity contribution is 5.98. The molecule has 0 saturated heterocycles. The predicted molar refractivity (Wildman–Crippen MR) is 134 cm³/mol. The summed E-state index contributed by atoms with van der Waals surface area (Å²) in [6.45, 7) is 4.79. The molecule has 3 aromatic rings. The summed E-state index contributed by atoms with van der Waals surface area (Å²) >= 11 is 0. The van der Waals surface area contributed by atoms with Crippen molar-refractivity contribution in [2.45, 2.75) is 51.5 Å². The second-order valence-corrected chi connectivity index (χ2v) is 9.38. The van der Waals surface area contributed by atoms with Crippen molar-refractivity contribution in [2.75, 3.05) is 23.9 Å². The van der Waals surface area contributed by atoms with Crippen LogP contribution in [-0.4, -0.2) is 30.1 Å². The minimum Gasteiger partial charge on any atom is -0.508 e. The average Bonchev–Trinajstić information content (AvgIpc) is 2.82. The van der Waals surface area contributed by atoms with Crippen LogP contribution in [0.2, 0.25) is 0 Å². The second-order valence-electron chi connectivity index (χ2n) is 9.38. The van der Waals surface area contributed by atoms with Crippen LogP contribution >= 0.6 is 0 Å². The first-order valence-corrected chi connectivity index (χ1v) is 11.7. The molecule has 1 N–H and O–H groups in total. The molecule has 1 amide bonds. The fraction of sp³-hybridized carbons (Fsp3) is 0.357. The number of hydrogen-bond acceptors (Lipinski definition) is 4. The van der Waals surface area contributed by atoms with Gasteiger partial charge in [0, 0.05) is 26.0 Å². The fourth-order valence-electron chi connectivity index (χ4n) is 4.57. The molecule has 172 valence electrons. The van der Waals surface area contributed by atoms with E-state index in [1.807, 2.05) is 66.5 Å². The number of aromatic nitrogens is 1. The molecule has 0 spiro atoms. The maximum atomic E-state index is 14.0. The van der Waals surface area contributed by atoms with E-state index in [4.69, 9.17) is 0 Å². The van der Waals surface area contributed by atoms with Gasteiger partial charge in [0.15, 0.2) is 0 Å². The first-order chi connectivity index (χ1) is 15.8. The van der Waals surface area contributed by atoms with Gasteiger partial charge in [-0.1, -0.05) is 44.2 Å². The summed E-state index contributed by atoms with van der Waals surface area (Å²) in [6.07, 6.45) is 4.33. The number of phenolic OH excluding ortho intramolecular Hbond substituents is 1. The number of pyridine rings is 1. The minimum absolute atomic E-state index is 0.0653. The molecule has 2 aromatic carbocycles. The van der Waals surface area contributed by atoms with Gasteiger partial charge in [0.05, 0.1) is 12.5 Å². The van der Waals surface area contributed by atoms with Crippen LogP contribution in [0.25, 0.3) is 0 Å². The quantitative estimate of drug-likeness (QED) is 0.536. The van der Waals surface area contributed by atoms with E-state index in [-0.39, 0.29) is 11.8 Å². The smallest absolute Gasteiger partial charge is 0.234 e. The van der Waals surface area contributed by atoms with Crippen LogP contribution in [0.5, 0.6) is 5.75 Å². The topological polar surface area (TPSA) is 56.7 Å². The van der Waals surface area contributed by atoms with Crippen LogP contribution in [-0.2, 0) is 17.8 Å². The van der Waals surface area contributed by atoms with Crippen LogP contribution in [0.15, 0.2) is 60.8 Å². The number of fused-ring (bicyclic) bond motifs is 1. The number of rotatable bonds is 6. The third kappa shape index (κ3) is 4.87. The number of phenols is 1. The zero-order valence-electron chi connectivity index (χ0n) is 20.0. The lowest BCUT2D eigenvalue weighted by molar-refractivity contribution is -0.120. The van der Waals surface area contributed by atoms with Gasteiger partial charge >= 0.3 is 0 Å². The van der Waals surface area contributed by atoms with E-state index in [9.17, 15) is 9.90 Å². The third-order valence-corrected chi connectivity index (χ3v) is 6.53. The maximum absolute atomic E-state index is 14.0. The van der Waals surface area contributed by atoms with E-state index in [1.54, 1.807) is 6.07 Å². The van der Waals surface area contributed by atoms with Gasteiger partial charge in [-0.3, -0.25) is 4.79 Å². The summed E-state index contributed by atoms with van der Waals surface area (Å²) in [6, 6.07) is 17.9. The predicted octanol–water partition coefficient (Wildman–Crippen LogP) is 5.63. The molecule has 33 heavy (non-hydrogen) atoms. The molecule has 0 aliphatic heterocycles. The summed E-state index contributed by atoms with van der Waals surface area (Å²) < 4.78 is 0. The van der Waals surface area contributed by atoms with E-state index in [2.05, 4.69) is 31.0 Å². The summed E-state index contributed by atoms with van der Waals surface area (Å²) in [4.78, 5) is 22.4. The molecule has 4 rings (SSSR count). The summed E-state index contributed by atoms with van der Waals surface area (Å²) in [5, 5.41) is 10.4. The number of amides is 1. The number of carbonyl (C=O) groups excluding carboxylic acids is 1. The van der Waals surface area contributed by atoms with E-state index in [0.29, 0.717) is 18.2 Å². The van der Waals surface area contributed by atoms with Crippen molar-refractivity contribution in [3.05, 3.63) is 83.0 Å². The SMILES string of the molecule is CC(C)c1ccc(N(Cc2ccc(N(C)C)nc2)C(=O)C2CCCc3c(O)cccc32)cc1. The van der Waals surface area contributed by atoms with Crippen LogP contribution < -0.4 is 9.80 Å². The Bertz CT molecular complexity index is 1100. The number of benzene rings is 2. The molecule has 0 bridgehead atoms. The van der Waals surface area contributed by atoms with Crippen LogP contribution in [0.3, 0.4) is 0 Å². The summed E-state index contributed by atoms with van der Waals surface area (Å²) in [7, 11) is 3.92. The van der Waals surface area contributed by atoms with Crippen LogP contribution in [0, 0.1) is 0 Å². The Kier molecular flexibility index (Phi) is 6.68. The lowest BCUT2D eigenvalue weighted by Gasteiger charge is -2.31. The largest absolute Gasteiger partial charge is 0.508 e. The van der Waals surface area contributed by atoms with E-state index >= 15 is 0 Å². The van der Waals surface area contributed by atoms with Gasteiger partial charge in [-0.25, -0.2) is 4.98 Å². The lowest BCUT2D eigenvalue weighted by atomic mass is 9.81. The van der Waals surface area contributed by atoms with Gasteiger partial charge in [-0.15, -0.1) is 0 Å². The Morgan fingerprint density at radius 2 is 1.85 bits per heavy atom. The zero-order chi connectivity index (χ0) is 23.5. The number of nitrogens with zero attached hydrogens (tertiary/aromatic N) is 3. The first-order valence-electron chi connectivity index (χ1n) is 11.7. The highest BCUT2D eigenvalue weighted by Gasteiger charge is 2.32. The molecule has 0 saturated carbocycles. The number of hydrogen-bond donors (Lipinski definition) is 1. The molecule has 1 heterocycles. The molecular weight excluding hydrogens is 410 g/mol. The third-order valence-electron chi connectivity index (χ3n) is 6.53. The summed E-state index contributed by atoms with van der Waals surface area (Å²) in [5.41, 5.74) is 4.98. The molecule has 5 heteroatoms. The minimum atomic E-state index is -0.264. The molecule has 1 aromatic heterocycles. The van der Waals surface area contributed by atoms with Crippen molar-refractivity contribution in [2.24, 2.45) is 0 Å². The normalized spacial score (nSPS) is 15.2. The molecule has 1 aliphatic rings.